The van der Waals surface area contributed by atoms with Crippen molar-refractivity contribution >= 4 is 17.3 Å². The van der Waals surface area contributed by atoms with Crippen molar-refractivity contribution in [1.82, 2.24) is 0 Å². The van der Waals surface area contributed by atoms with Gasteiger partial charge in [0.05, 0.1) is 16.9 Å². The van der Waals surface area contributed by atoms with Crippen molar-refractivity contribution in [3.63, 3.8) is 0 Å². The predicted octanol–water partition coefficient (Wildman–Crippen LogP) is 2.65. The normalized spacial score (nSPS) is 30.9. The number of rotatable bonds is 0. The summed E-state index contributed by atoms with van der Waals surface area (Å²) in [5.74, 6) is 0.700. The number of benzene rings is 1. The number of nitriles is 1. The number of nitrogens with zero attached hydrogens (tertiary/aromatic N) is 2. The van der Waals surface area contributed by atoms with E-state index < -0.39 is 0 Å². The van der Waals surface area contributed by atoms with Gasteiger partial charge in [-0.3, -0.25) is 4.79 Å². The fourth-order valence-electron chi connectivity index (χ4n) is 4.23. The van der Waals surface area contributed by atoms with Crippen molar-refractivity contribution in [1.29, 1.82) is 5.26 Å². The molecule has 1 N–H and O–H groups in total. The highest BCUT2D eigenvalue weighted by Crippen LogP contribution is 2.47. The van der Waals surface area contributed by atoms with E-state index in [4.69, 9.17) is 0 Å². The number of fused-ring (bicyclic) bond motifs is 5. The summed E-state index contributed by atoms with van der Waals surface area (Å²) >= 11 is 0. The molecule has 1 amide bonds. The second-order valence-electron chi connectivity index (χ2n) is 6.07. The molecule has 4 nitrogen and oxygen atoms in total. The quantitative estimate of drug-likeness (QED) is 0.786. The number of amides is 1. The molecule has 3 aliphatic rings. The van der Waals surface area contributed by atoms with Crippen LogP contribution in [-0.4, -0.2) is 18.0 Å². The summed E-state index contributed by atoms with van der Waals surface area (Å²) in [6.07, 6.45) is 5.91. The Hall–Kier alpha value is -2.02. The number of hydrogen-bond donors (Lipinski definition) is 1. The number of hydrogen-bond acceptors (Lipinski definition) is 3. The van der Waals surface area contributed by atoms with Crippen molar-refractivity contribution in [3.8, 4) is 6.07 Å². The highest BCUT2D eigenvalue weighted by atomic mass is 16.2. The lowest BCUT2D eigenvalue weighted by atomic mass is 9.84. The van der Waals surface area contributed by atoms with Gasteiger partial charge in [0.2, 0.25) is 5.91 Å². The summed E-state index contributed by atoms with van der Waals surface area (Å²) in [5.41, 5.74) is 2.32. The van der Waals surface area contributed by atoms with Crippen LogP contribution in [0.4, 0.5) is 11.4 Å². The second kappa shape index (κ2) is 4.24. The van der Waals surface area contributed by atoms with Crippen LogP contribution in [0.3, 0.4) is 0 Å². The maximum atomic E-state index is 12.4. The third-order valence-electron chi connectivity index (χ3n) is 5.08. The molecule has 0 aromatic heterocycles. The average molecular weight is 267 g/mol. The van der Waals surface area contributed by atoms with Crippen molar-refractivity contribution < 1.29 is 4.79 Å². The minimum absolute atomic E-state index is 0.0375. The minimum Gasteiger partial charge on any atom is -0.354 e. The van der Waals surface area contributed by atoms with Crippen LogP contribution in [0.5, 0.6) is 0 Å². The van der Waals surface area contributed by atoms with E-state index in [0.29, 0.717) is 23.2 Å². The summed E-state index contributed by atoms with van der Waals surface area (Å²) in [6, 6.07) is 8.36. The summed E-state index contributed by atoms with van der Waals surface area (Å²) in [6.45, 7) is 0. The van der Waals surface area contributed by atoms with Gasteiger partial charge in [-0.25, -0.2) is 0 Å². The Bertz CT molecular complexity index is 619. The monoisotopic (exact) mass is 267 g/mol. The number of anilines is 2. The zero-order chi connectivity index (χ0) is 13.7. The lowest BCUT2D eigenvalue weighted by molar-refractivity contribution is -0.117. The predicted molar refractivity (Wildman–Crippen MR) is 76.4 cm³/mol. The molecule has 2 aliphatic heterocycles. The Kier molecular flexibility index (Phi) is 2.50. The van der Waals surface area contributed by atoms with Crippen LogP contribution < -0.4 is 10.2 Å². The molecule has 1 aromatic rings. The first kappa shape index (κ1) is 11.8. The summed E-state index contributed by atoms with van der Waals surface area (Å²) in [7, 11) is 0. The largest absolute Gasteiger partial charge is 0.354 e. The molecule has 1 aromatic carbocycles. The zero-order valence-corrected chi connectivity index (χ0v) is 11.3. The fourth-order valence-corrected chi connectivity index (χ4v) is 4.23. The highest BCUT2D eigenvalue weighted by Gasteiger charge is 2.48. The summed E-state index contributed by atoms with van der Waals surface area (Å²) < 4.78 is 0. The van der Waals surface area contributed by atoms with Crippen LogP contribution in [0.15, 0.2) is 18.2 Å². The zero-order valence-electron chi connectivity index (χ0n) is 11.3. The van der Waals surface area contributed by atoms with Crippen molar-refractivity contribution in [2.75, 3.05) is 10.2 Å². The second-order valence-corrected chi connectivity index (χ2v) is 6.07. The maximum Gasteiger partial charge on any atom is 0.247 e. The highest BCUT2D eigenvalue weighted by molar-refractivity contribution is 6.05. The summed E-state index contributed by atoms with van der Waals surface area (Å²) in [5, 5.41) is 12.2. The van der Waals surface area contributed by atoms with Crippen molar-refractivity contribution in [3.05, 3.63) is 23.8 Å². The van der Waals surface area contributed by atoms with E-state index in [1.807, 2.05) is 12.1 Å². The van der Waals surface area contributed by atoms with Gasteiger partial charge < -0.3 is 10.2 Å². The maximum absolute atomic E-state index is 12.4. The molecule has 2 heterocycles. The van der Waals surface area contributed by atoms with E-state index in [1.54, 1.807) is 6.07 Å². The van der Waals surface area contributed by atoms with E-state index in [9.17, 15) is 10.1 Å². The van der Waals surface area contributed by atoms with Gasteiger partial charge in [-0.1, -0.05) is 18.9 Å². The van der Waals surface area contributed by atoms with Gasteiger partial charge in [0.1, 0.15) is 12.1 Å². The number of carbonyl (C=O) groups is 1. The third-order valence-corrected chi connectivity index (χ3v) is 5.08. The van der Waals surface area contributed by atoms with Crippen molar-refractivity contribution in [2.24, 2.45) is 5.92 Å². The van der Waals surface area contributed by atoms with E-state index >= 15 is 0 Å². The molecule has 1 saturated heterocycles. The Morgan fingerprint density at radius 3 is 3.00 bits per heavy atom. The van der Waals surface area contributed by atoms with Crippen molar-refractivity contribution in [2.45, 2.75) is 44.2 Å². The molecule has 4 heteroatoms. The van der Waals surface area contributed by atoms with Gasteiger partial charge in [-0.05, 0) is 37.3 Å². The van der Waals surface area contributed by atoms with Crippen LogP contribution in [0.1, 0.15) is 37.7 Å². The number of para-hydroxylation sites is 1. The van der Waals surface area contributed by atoms with Crippen LogP contribution >= 0.6 is 0 Å². The molecular weight excluding hydrogens is 250 g/mol. The Balaban J connectivity index is 1.84. The smallest absolute Gasteiger partial charge is 0.247 e. The molecule has 20 heavy (non-hydrogen) atoms. The van der Waals surface area contributed by atoms with Gasteiger partial charge in [0.25, 0.3) is 0 Å². The molecule has 0 spiro atoms. The van der Waals surface area contributed by atoms with Gasteiger partial charge >= 0.3 is 0 Å². The van der Waals surface area contributed by atoms with Crippen LogP contribution in [0.2, 0.25) is 0 Å². The van der Waals surface area contributed by atoms with Gasteiger partial charge in [0.15, 0.2) is 0 Å². The van der Waals surface area contributed by atoms with Gasteiger partial charge in [-0.2, -0.15) is 5.26 Å². The first-order chi connectivity index (χ1) is 9.79. The van der Waals surface area contributed by atoms with Gasteiger partial charge in [0, 0.05) is 6.04 Å². The summed E-state index contributed by atoms with van der Waals surface area (Å²) in [4.78, 5) is 14.7. The molecular formula is C16H17N3O. The Morgan fingerprint density at radius 1 is 1.30 bits per heavy atom. The molecule has 102 valence electrons. The SMILES string of the molecule is N#Cc1cccc2c1NC(=O)C1CC3CCCCC3N21. The van der Waals surface area contributed by atoms with E-state index in [-0.39, 0.29) is 11.9 Å². The lowest BCUT2D eigenvalue weighted by Crippen LogP contribution is -2.48. The van der Waals surface area contributed by atoms with Gasteiger partial charge in [-0.15, -0.1) is 0 Å². The number of nitrogens with one attached hydrogen (secondary N) is 1. The fraction of sp³-hybridized carbons (Fsp3) is 0.500. The van der Waals surface area contributed by atoms with E-state index in [2.05, 4.69) is 16.3 Å². The third kappa shape index (κ3) is 1.49. The standard InChI is InChI=1S/C16H17N3O/c17-9-11-5-3-7-13-15(11)18-16(20)14-8-10-4-1-2-6-12(10)19(13)14/h3,5,7,10,12,14H,1-2,4,6,8H2,(H,18,20). The minimum atomic E-state index is -0.0375. The first-order valence-electron chi connectivity index (χ1n) is 7.42. The molecule has 4 rings (SSSR count). The first-order valence-corrected chi connectivity index (χ1v) is 7.42. The molecule has 0 radical (unpaired) electrons. The van der Waals surface area contributed by atoms with E-state index in [0.717, 1.165) is 12.1 Å². The Labute approximate surface area is 118 Å². The van der Waals surface area contributed by atoms with Crippen LogP contribution in [-0.2, 0) is 4.79 Å². The lowest BCUT2D eigenvalue weighted by Gasteiger charge is -2.39. The molecule has 3 atom stereocenters. The van der Waals surface area contributed by atoms with E-state index in [1.165, 1.54) is 25.7 Å². The molecule has 1 saturated carbocycles. The van der Waals surface area contributed by atoms with Crippen LogP contribution in [0, 0.1) is 17.2 Å². The molecule has 1 aliphatic carbocycles. The average Bonchev–Trinajstić information content (AvgIpc) is 2.87. The molecule has 3 unspecified atom stereocenters. The topological polar surface area (TPSA) is 56.1 Å². The van der Waals surface area contributed by atoms with Crippen LogP contribution in [0.25, 0.3) is 0 Å². The molecule has 2 fully saturated rings. The number of carbonyl (C=O) groups excluding carboxylic acids is 1. The molecule has 0 bridgehead atoms. The Morgan fingerprint density at radius 2 is 2.15 bits per heavy atom.